The van der Waals surface area contributed by atoms with E-state index in [4.69, 9.17) is 0 Å². The molecule has 3 rings (SSSR count). The number of carbonyl (C=O) groups excluding carboxylic acids is 3. The van der Waals surface area contributed by atoms with E-state index in [-0.39, 0.29) is 17.6 Å². The fourth-order valence-electron chi connectivity index (χ4n) is 2.42. The normalized spacial score (nSPS) is 10.6. The summed E-state index contributed by atoms with van der Waals surface area (Å²) >= 11 is 2.81. The molecule has 1 heterocycles. The van der Waals surface area contributed by atoms with Gasteiger partial charge in [-0.1, -0.05) is 18.7 Å². The number of aromatic nitrogens is 1. The quantitative estimate of drug-likeness (QED) is 0.432. The Bertz CT molecular complexity index is 1050. The van der Waals surface area contributed by atoms with Gasteiger partial charge in [0.2, 0.25) is 11.8 Å². The highest BCUT2D eigenvalue weighted by Gasteiger charge is 2.10. The van der Waals surface area contributed by atoms with Crippen molar-refractivity contribution < 1.29 is 19.1 Å². The number of nitrogens with zero attached hydrogens (tertiary/aromatic N) is 1. The van der Waals surface area contributed by atoms with Gasteiger partial charge in [-0.05, 0) is 42.5 Å². The average Bonchev–Trinajstić information content (AvgIpc) is 3.14. The molecule has 9 heteroatoms. The second-order valence-corrected chi connectivity index (χ2v) is 8.22. The van der Waals surface area contributed by atoms with Gasteiger partial charge >= 0.3 is 5.97 Å². The highest BCUT2D eigenvalue weighted by molar-refractivity contribution is 8.01. The molecule has 2 aromatic carbocycles. The number of amides is 2. The van der Waals surface area contributed by atoms with Crippen molar-refractivity contribution in [1.82, 2.24) is 4.98 Å². The Kier molecular flexibility index (Phi) is 6.84. The Balaban J connectivity index is 1.57. The lowest BCUT2D eigenvalue weighted by molar-refractivity contribution is -0.116. The van der Waals surface area contributed by atoms with Crippen molar-refractivity contribution in [1.29, 1.82) is 0 Å². The summed E-state index contributed by atoms with van der Waals surface area (Å²) < 4.78 is 6.36. The largest absolute Gasteiger partial charge is 0.465 e. The van der Waals surface area contributed by atoms with Gasteiger partial charge in [-0.15, -0.1) is 11.3 Å². The van der Waals surface area contributed by atoms with Gasteiger partial charge in [0, 0.05) is 17.8 Å². The first-order valence-electron chi connectivity index (χ1n) is 8.80. The smallest absolute Gasteiger partial charge is 0.337 e. The molecule has 3 aromatic rings. The first-order chi connectivity index (χ1) is 14.0. The number of thioether (sulfide) groups is 1. The summed E-state index contributed by atoms with van der Waals surface area (Å²) in [7, 11) is 1.32. The van der Waals surface area contributed by atoms with Crippen molar-refractivity contribution in [2.24, 2.45) is 0 Å². The molecule has 0 fully saturated rings. The fourth-order valence-corrected chi connectivity index (χ4v) is 4.33. The number of methoxy groups -OCH3 is 1. The monoisotopic (exact) mass is 429 g/mol. The number of thiazole rings is 1. The van der Waals surface area contributed by atoms with Crippen molar-refractivity contribution >= 4 is 62.5 Å². The van der Waals surface area contributed by atoms with Crippen LogP contribution in [0.1, 0.15) is 23.7 Å². The van der Waals surface area contributed by atoms with E-state index < -0.39 is 5.97 Å². The second-order valence-electron chi connectivity index (χ2n) is 5.97. The summed E-state index contributed by atoms with van der Waals surface area (Å²) in [5.74, 6) is -0.430. The third-order valence-corrected chi connectivity index (χ3v) is 6.05. The van der Waals surface area contributed by atoms with Crippen LogP contribution in [0.4, 0.5) is 11.4 Å². The SMILES string of the molecule is CCC(=O)Nc1ccc2nc(SCC(=O)Nc3ccc(C(=O)OC)cc3)sc2c1. The van der Waals surface area contributed by atoms with Gasteiger partial charge in [-0.3, -0.25) is 9.59 Å². The molecule has 0 saturated carbocycles. The Hall–Kier alpha value is -2.91. The summed E-state index contributed by atoms with van der Waals surface area (Å²) in [5, 5.41) is 5.61. The van der Waals surface area contributed by atoms with Crippen LogP contribution in [-0.4, -0.2) is 35.6 Å². The van der Waals surface area contributed by atoms with E-state index in [0.29, 0.717) is 17.7 Å². The molecular weight excluding hydrogens is 410 g/mol. The molecule has 0 spiro atoms. The maximum atomic E-state index is 12.2. The van der Waals surface area contributed by atoms with Crippen LogP contribution in [0.15, 0.2) is 46.8 Å². The molecule has 0 atom stereocenters. The van der Waals surface area contributed by atoms with Crippen LogP contribution in [0.5, 0.6) is 0 Å². The summed E-state index contributed by atoms with van der Waals surface area (Å²) in [4.78, 5) is 39.7. The zero-order valence-electron chi connectivity index (χ0n) is 15.9. The molecule has 0 aliphatic carbocycles. The van der Waals surface area contributed by atoms with Crippen LogP contribution in [0.3, 0.4) is 0 Å². The van der Waals surface area contributed by atoms with E-state index in [9.17, 15) is 14.4 Å². The van der Waals surface area contributed by atoms with Crippen LogP contribution in [0, 0.1) is 0 Å². The lowest BCUT2D eigenvalue weighted by atomic mass is 10.2. The van der Waals surface area contributed by atoms with Crippen LogP contribution >= 0.6 is 23.1 Å². The van der Waals surface area contributed by atoms with Crippen molar-refractivity contribution in [2.45, 2.75) is 17.7 Å². The van der Waals surface area contributed by atoms with Gasteiger partial charge in [-0.2, -0.15) is 0 Å². The number of esters is 1. The molecule has 29 heavy (non-hydrogen) atoms. The van der Waals surface area contributed by atoms with Gasteiger partial charge in [0.05, 0.1) is 28.6 Å². The number of nitrogens with one attached hydrogen (secondary N) is 2. The maximum absolute atomic E-state index is 12.2. The molecule has 7 nitrogen and oxygen atoms in total. The number of hydrogen-bond acceptors (Lipinski definition) is 7. The van der Waals surface area contributed by atoms with E-state index in [1.807, 2.05) is 18.2 Å². The minimum absolute atomic E-state index is 0.0419. The minimum atomic E-state index is -0.424. The van der Waals surface area contributed by atoms with Gasteiger partial charge in [0.1, 0.15) is 0 Å². The number of rotatable bonds is 7. The van der Waals surface area contributed by atoms with E-state index in [1.165, 1.54) is 30.2 Å². The number of carbonyl (C=O) groups is 3. The lowest BCUT2D eigenvalue weighted by Crippen LogP contribution is -2.14. The highest BCUT2D eigenvalue weighted by atomic mass is 32.2. The van der Waals surface area contributed by atoms with E-state index in [2.05, 4.69) is 20.4 Å². The van der Waals surface area contributed by atoms with Crippen molar-refractivity contribution in [3.63, 3.8) is 0 Å². The Morgan fingerprint density at radius 3 is 2.41 bits per heavy atom. The summed E-state index contributed by atoms with van der Waals surface area (Å²) in [6.07, 6.45) is 0.419. The summed E-state index contributed by atoms with van der Waals surface area (Å²) in [5.41, 5.74) is 2.58. The third-order valence-electron chi connectivity index (χ3n) is 3.89. The van der Waals surface area contributed by atoms with E-state index >= 15 is 0 Å². The maximum Gasteiger partial charge on any atom is 0.337 e. The zero-order valence-corrected chi connectivity index (χ0v) is 17.5. The van der Waals surface area contributed by atoms with Crippen LogP contribution in [-0.2, 0) is 14.3 Å². The van der Waals surface area contributed by atoms with Gasteiger partial charge in [-0.25, -0.2) is 9.78 Å². The van der Waals surface area contributed by atoms with Crippen LogP contribution < -0.4 is 10.6 Å². The van der Waals surface area contributed by atoms with Crippen molar-refractivity contribution in [2.75, 3.05) is 23.5 Å². The molecule has 2 N–H and O–H groups in total. The molecule has 0 unspecified atom stereocenters. The predicted octanol–water partition coefficient (Wildman–Crippen LogP) is 4.16. The average molecular weight is 430 g/mol. The second kappa shape index (κ2) is 9.53. The van der Waals surface area contributed by atoms with Gasteiger partial charge in [0.15, 0.2) is 4.34 Å². The molecule has 1 aromatic heterocycles. The summed E-state index contributed by atoms with van der Waals surface area (Å²) in [6.45, 7) is 1.80. The molecular formula is C20H19N3O4S2. The molecule has 0 saturated heterocycles. The first kappa shape index (κ1) is 20.8. The Morgan fingerprint density at radius 1 is 1.03 bits per heavy atom. The number of hydrogen-bond donors (Lipinski definition) is 2. The fraction of sp³-hybridized carbons (Fsp3) is 0.200. The van der Waals surface area contributed by atoms with Gasteiger partial charge in [0.25, 0.3) is 0 Å². The number of ether oxygens (including phenoxy) is 1. The van der Waals surface area contributed by atoms with E-state index in [0.717, 1.165) is 20.2 Å². The standard InChI is InChI=1S/C20H19N3O4S2/c1-3-17(24)22-14-8-9-15-16(10-14)29-20(23-15)28-11-18(25)21-13-6-4-12(5-7-13)19(26)27-2/h4-10H,3,11H2,1-2H3,(H,21,25)(H,22,24). The number of anilines is 2. The number of benzene rings is 2. The molecule has 0 aliphatic rings. The molecule has 0 bridgehead atoms. The van der Waals surface area contributed by atoms with Gasteiger partial charge < -0.3 is 15.4 Å². The molecule has 0 radical (unpaired) electrons. The zero-order chi connectivity index (χ0) is 20.8. The molecule has 2 amide bonds. The van der Waals surface area contributed by atoms with Crippen LogP contribution in [0.25, 0.3) is 10.2 Å². The van der Waals surface area contributed by atoms with Crippen molar-refractivity contribution in [3.05, 3.63) is 48.0 Å². The number of fused-ring (bicyclic) bond motifs is 1. The topological polar surface area (TPSA) is 97.4 Å². The summed E-state index contributed by atoms with van der Waals surface area (Å²) in [6, 6.07) is 12.0. The highest BCUT2D eigenvalue weighted by Crippen LogP contribution is 2.31. The lowest BCUT2D eigenvalue weighted by Gasteiger charge is -2.05. The predicted molar refractivity (Wildman–Crippen MR) is 116 cm³/mol. The first-order valence-corrected chi connectivity index (χ1v) is 10.6. The molecule has 0 aliphatic heterocycles. The third kappa shape index (κ3) is 5.55. The Labute approximate surface area is 175 Å². The van der Waals surface area contributed by atoms with E-state index in [1.54, 1.807) is 31.2 Å². The van der Waals surface area contributed by atoms with Crippen molar-refractivity contribution in [3.8, 4) is 0 Å². The van der Waals surface area contributed by atoms with Crippen LogP contribution in [0.2, 0.25) is 0 Å². The minimum Gasteiger partial charge on any atom is -0.465 e. The molecule has 150 valence electrons. The Morgan fingerprint density at radius 2 is 1.72 bits per heavy atom.